The molecule has 3 heteroatoms. The summed E-state index contributed by atoms with van der Waals surface area (Å²) in [6, 6.07) is 0. The first-order valence-electron chi connectivity index (χ1n) is 1.91. The lowest BCUT2D eigenvalue weighted by Crippen LogP contribution is -2.19. The van der Waals surface area contributed by atoms with Gasteiger partial charge in [0.1, 0.15) is 0 Å². The van der Waals surface area contributed by atoms with Crippen LogP contribution < -0.4 is 5.73 Å². The SMILES string of the molecule is C[C](CS)C(N)=O. The minimum Gasteiger partial charge on any atom is -0.369 e. The fourth-order valence-corrected chi connectivity index (χ4v) is 0.234. The Kier molecular flexibility index (Phi) is 2.83. The summed E-state index contributed by atoms with van der Waals surface area (Å²) in [7, 11) is 0. The lowest BCUT2D eigenvalue weighted by Gasteiger charge is -1.96. The van der Waals surface area contributed by atoms with E-state index in [4.69, 9.17) is 5.73 Å². The number of nitrogens with two attached hydrogens (primary N) is 1. The van der Waals surface area contributed by atoms with E-state index >= 15 is 0 Å². The molecular weight excluding hydrogens is 110 g/mol. The zero-order valence-electron chi connectivity index (χ0n) is 4.14. The molecule has 0 heterocycles. The maximum Gasteiger partial charge on any atom is 0.225 e. The van der Waals surface area contributed by atoms with Gasteiger partial charge in [0, 0.05) is 5.75 Å². The van der Waals surface area contributed by atoms with Gasteiger partial charge in [0.15, 0.2) is 0 Å². The van der Waals surface area contributed by atoms with Gasteiger partial charge in [-0.2, -0.15) is 12.6 Å². The summed E-state index contributed by atoms with van der Waals surface area (Å²) in [5.41, 5.74) is 4.82. The summed E-state index contributed by atoms with van der Waals surface area (Å²) in [5, 5.41) is 0. The summed E-state index contributed by atoms with van der Waals surface area (Å²) in [5.74, 6) is 0.688. The van der Waals surface area contributed by atoms with E-state index in [0.29, 0.717) is 11.7 Å². The highest BCUT2D eigenvalue weighted by molar-refractivity contribution is 7.80. The molecule has 0 saturated heterocycles. The van der Waals surface area contributed by atoms with E-state index in [0.717, 1.165) is 0 Å². The molecule has 0 fully saturated rings. The Bertz CT molecular complexity index is 74.1. The van der Waals surface area contributed by atoms with Crippen molar-refractivity contribution in [3.05, 3.63) is 5.92 Å². The first kappa shape index (κ1) is 6.82. The van der Waals surface area contributed by atoms with E-state index in [1.54, 1.807) is 6.92 Å². The number of amides is 1. The first-order chi connectivity index (χ1) is 3.18. The molecule has 7 heavy (non-hydrogen) atoms. The largest absolute Gasteiger partial charge is 0.369 e. The van der Waals surface area contributed by atoms with Gasteiger partial charge in [-0.25, -0.2) is 0 Å². The zero-order chi connectivity index (χ0) is 5.86. The summed E-state index contributed by atoms with van der Waals surface area (Å²) >= 11 is 3.82. The van der Waals surface area contributed by atoms with E-state index in [9.17, 15) is 4.79 Å². The number of carbonyl (C=O) groups is 1. The molecule has 2 N–H and O–H groups in total. The van der Waals surface area contributed by atoms with Crippen LogP contribution in [-0.2, 0) is 4.79 Å². The highest BCUT2D eigenvalue weighted by Gasteiger charge is 2.04. The molecular formula is C4H8NOS. The maximum absolute atomic E-state index is 10.1. The van der Waals surface area contributed by atoms with Gasteiger partial charge in [-0.3, -0.25) is 4.79 Å². The summed E-state index contributed by atoms with van der Waals surface area (Å²) in [6.45, 7) is 1.66. The highest BCUT2D eigenvalue weighted by Crippen LogP contribution is 1.96. The van der Waals surface area contributed by atoms with Gasteiger partial charge >= 0.3 is 0 Å². The molecule has 1 amide bonds. The fourth-order valence-electron chi connectivity index (χ4n) is 0.0779. The third-order valence-electron chi connectivity index (χ3n) is 0.658. The topological polar surface area (TPSA) is 43.1 Å². The second-order valence-corrected chi connectivity index (χ2v) is 1.62. The van der Waals surface area contributed by atoms with E-state index in [1.165, 1.54) is 0 Å². The van der Waals surface area contributed by atoms with Gasteiger partial charge in [-0.05, 0) is 6.92 Å². The van der Waals surface area contributed by atoms with Crippen molar-refractivity contribution in [2.45, 2.75) is 6.92 Å². The Hall–Kier alpha value is -0.180. The Labute approximate surface area is 48.5 Å². The minimum absolute atomic E-state index is 0.366. The lowest BCUT2D eigenvalue weighted by molar-refractivity contribution is -0.116. The quantitative estimate of drug-likeness (QED) is 0.492. The number of hydrogen-bond acceptors (Lipinski definition) is 2. The average Bonchev–Trinajstić information content (AvgIpc) is 1.65. The van der Waals surface area contributed by atoms with Gasteiger partial charge in [0.2, 0.25) is 5.91 Å². The van der Waals surface area contributed by atoms with Gasteiger partial charge in [0.25, 0.3) is 0 Å². The molecule has 1 radical (unpaired) electrons. The van der Waals surface area contributed by atoms with E-state index in [-0.39, 0.29) is 5.91 Å². The lowest BCUT2D eigenvalue weighted by atomic mass is 10.2. The van der Waals surface area contributed by atoms with Crippen LogP contribution in [-0.4, -0.2) is 11.7 Å². The molecule has 2 nitrogen and oxygen atoms in total. The molecule has 0 aromatic carbocycles. The monoisotopic (exact) mass is 118 g/mol. The summed E-state index contributed by atoms with van der Waals surface area (Å²) in [4.78, 5) is 10.1. The van der Waals surface area contributed by atoms with Crippen molar-refractivity contribution < 1.29 is 4.79 Å². The van der Waals surface area contributed by atoms with Gasteiger partial charge < -0.3 is 5.73 Å². The van der Waals surface area contributed by atoms with Crippen LogP contribution in [0.25, 0.3) is 0 Å². The molecule has 41 valence electrons. The van der Waals surface area contributed by atoms with E-state index in [2.05, 4.69) is 12.6 Å². The molecule has 0 aliphatic carbocycles. The van der Waals surface area contributed by atoms with Crippen LogP contribution in [0.1, 0.15) is 6.92 Å². The van der Waals surface area contributed by atoms with Crippen molar-refractivity contribution in [3.63, 3.8) is 0 Å². The molecule has 0 aromatic rings. The van der Waals surface area contributed by atoms with Crippen molar-refractivity contribution in [3.8, 4) is 0 Å². The van der Waals surface area contributed by atoms with Gasteiger partial charge in [-0.15, -0.1) is 0 Å². The molecule has 0 spiro atoms. The van der Waals surface area contributed by atoms with Gasteiger partial charge in [-0.1, -0.05) is 0 Å². The Morgan fingerprint density at radius 1 is 1.86 bits per heavy atom. The first-order valence-corrected chi connectivity index (χ1v) is 2.55. The van der Waals surface area contributed by atoms with Crippen LogP contribution in [0, 0.1) is 5.92 Å². The Balaban J connectivity index is 3.34. The Morgan fingerprint density at radius 2 is 2.29 bits per heavy atom. The van der Waals surface area contributed by atoms with Crippen LogP contribution in [0.15, 0.2) is 0 Å². The number of rotatable bonds is 2. The van der Waals surface area contributed by atoms with E-state index < -0.39 is 0 Å². The predicted molar refractivity (Wildman–Crippen MR) is 32.0 cm³/mol. The standard InChI is InChI=1S/C4H8NOS/c1-3(2-7)4(5)6/h7H,2H2,1H3,(H2,5,6). The fraction of sp³-hybridized carbons (Fsp3) is 0.500. The molecule has 0 aliphatic rings. The maximum atomic E-state index is 10.1. The van der Waals surface area contributed by atoms with Crippen molar-refractivity contribution in [2.24, 2.45) is 5.73 Å². The van der Waals surface area contributed by atoms with Crippen molar-refractivity contribution in [1.29, 1.82) is 0 Å². The number of hydrogen-bond donors (Lipinski definition) is 2. The Morgan fingerprint density at radius 3 is 2.29 bits per heavy atom. The third-order valence-corrected chi connectivity index (χ3v) is 1.13. The second kappa shape index (κ2) is 2.91. The van der Waals surface area contributed by atoms with Crippen LogP contribution in [0.5, 0.6) is 0 Å². The number of primary amides is 1. The summed E-state index contributed by atoms with van der Waals surface area (Å²) in [6.07, 6.45) is 0. The third kappa shape index (κ3) is 2.51. The van der Waals surface area contributed by atoms with Crippen molar-refractivity contribution in [1.82, 2.24) is 0 Å². The molecule has 0 unspecified atom stereocenters. The summed E-state index contributed by atoms with van der Waals surface area (Å²) < 4.78 is 0. The minimum atomic E-state index is -0.366. The average molecular weight is 118 g/mol. The van der Waals surface area contributed by atoms with Crippen molar-refractivity contribution in [2.75, 3.05) is 5.75 Å². The molecule has 0 aromatic heterocycles. The van der Waals surface area contributed by atoms with Crippen LogP contribution in [0.4, 0.5) is 0 Å². The molecule has 0 saturated carbocycles. The van der Waals surface area contributed by atoms with Crippen LogP contribution >= 0.6 is 12.6 Å². The molecule has 0 atom stereocenters. The molecule has 0 rings (SSSR count). The van der Waals surface area contributed by atoms with Crippen LogP contribution in [0.2, 0.25) is 0 Å². The van der Waals surface area contributed by atoms with Crippen molar-refractivity contribution >= 4 is 18.5 Å². The number of thiol groups is 1. The smallest absolute Gasteiger partial charge is 0.225 e. The second-order valence-electron chi connectivity index (χ2n) is 1.30. The number of carbonyl (C=O) groups excluding carboxylic acids is 1. The highest BCUT2D eigenvalue weighted by atomic mass is 32.1. The normalized spacial score (nSPS) is 9.57. The zero-order valence-corrected chi connectivity index (χ0v) is 5.03. The predicted octanol–water partition coefficient (Wildman–Crippen LogP) is -0.00411. The van der Waals surface area contributed by atoms with Crippen LogP contribution in [0.3, 0.4) is 0 Å². The van der Waals surface area contributed by atoms with Gasteiger partial charge in [0.05, 0.1) is 5.92 Å². The molecule has 0 bridgehead atoms. The van der Waals surface area contributed by atoms with E-state index in [1.807, 2.05) is 0 Å². The molecule has 0 aliphatic heterocycles.